The number of carboxylic acids is 1. The summed E-state index contributed by atoms with van der Waals surface area (Å²) in [5.41, 5.74) is 0.656. The average Bonchev–Trinajstić information content (AvgIpc) is 2.99. The lowest BCUT2D eigenvalue weighted by molar-refractivity contribution is -0.139. The maximum absolute atomic E-state index is 12.8. The molecule has 116 valence electrons. The van der Waals surface area contributed by atoms with Crippen LogP contribution in [0.4, 0.5) is 0 Å². The first kappa shape index (κ1) is 15.0. The molecule has 1 saturated carbocycles. The van der Waals surface area contributed by atoms with Crippen LogP contribution in [0, 0.1) is 25.2 Å². The molecular formula is C14H19NO4S2. The van der Waals surface area contributed by atoms with Crippen LogP contribution in [0.2, 0.25) is 0 Å². The van der Waals surface area contributed by atoms with Gasteiger partial charge in [0.25, 0.3) is 0 Å². The summed E-state index contributed by atoms with van der Waals surface area (Å²) in [5, 5.41) is 11.0. The molecule has 2 aliphatic rings. The Morgan fingerprint density at radius 3 is 2.43 bits per heavy atom. The Hall–Kier alpha value is -0.920. The molecule has 2 heterocycles. The number of hydrogen-bond acceptors (Lipinski definition) is 4. The van der Waals surface area contributed by atoms with Crippen LogP contribution in [0.3, 0.4) is 0 Å². The Morgan fingerprint density at radius 2 is 2.00 bits per heavy atom. The summed E-state index contributed by atoms with van der Waals surface area (Å²) in [6.45, 7) is 4.52. The molecule has 1 aliphatic heterocycles. The lowest BCUT2D eigenvalue weighted by Gasteiger charge is -2.32. The number of piperidine rings is 1. The average molecular weight is 329 g/mol. The molecule has 21 heavy (non-hydrogen) atoms. The van der Waals surface area contributed by atoms with Crippen molar-refractivity contribution in [2.24, 2.45) is 11.3 Å². The lowest BCUT2D eigenvalue weighted by Crippen LogP contribution is -2.40. The van der Waals surface area contributed by atoms with Crippen LogP contribution in [0.5, 0.6) is 0 Å². The van der Waals surface area contributed by atoms with Crippen molar-refractivity contribution in [1.82, 2.24) is 4.31 Å². The second-order valence-electron chi connectivity index (χ2n) is 6.17. The molecule has 1 spiro atoms. The lowest BCUT2D eigenvalue weighted by atomic mass is 9.92. The van der Waals surface area contributed by atoms with E-state index >= 15 is 0 Å². The number of nitrogens with zero attached hydrogens (tertiary/aromatic N) is 1. The molecule has 2 fully saturated rings. The number of hydrogen-bond donors (Lipinski definition) is 1. The van der Waals surface area contributed by atoms with Crippen molar-refractivity contribution >= 4 is 27.3 Å². The summed E-state index contributed by atoms with van der Waals surface area (Å²) in [5.74, 6) is -1.01. The zero-order valence-electron chi connectivity index (χ0n) is 12.1. The van der Waals surface area contributed by atoms with E-state index in [-0.39, 0.29) is 11.3 Å². The van der Waals surface area contributed by atoms with Crippen molar-refractivity contribution in [2.75, 3.05) is 13.1 Å². The van der Waals surface area contributed by atoms with Crippen LogP contribution in [-0.4, -0.2) is 36.9 Å². The third kappa shape index (κ3) is 2.31. The number of aryl methyl sites for hydroxylation is 2. The number of aliphatic carboxylic acids is 1. The molecule has 0 amide bonds. The topological polar surface area (TPSA) is 74.7 Å². The molecule has 1 N–H and O–H groups in total. The van der Waals surface area contributed by atoms with Gasteiger partial charge in [-0.3, -0.25) is 4.79 Å². The highest BCUT2D eigenvalue weighted by molar-refractivity contribution is 7.89. The molecule has 1 aromatic heterocycles. The van der Waals surface area contributed by atoms with Crippen LogP contribution in [-0.2, 0) is 14.8 Å². The van der Waals surface area contributed by atoms with Gasteiger partial charge in [-0.2, -0.15) is 4.31 Å². The highest BCUT2D eigenvalue weighted by Gasteiger charge is 2.59. The fraction of sp³-hybridized carbons (Fsp3) is 0.643. The molecule has 0 bridgehead atoms. The molecule has 1 aliphatic carbocycles. The van der Waals surface area contributed by atoms with E-state index in [1.54, 1.807) is 0 Å². The first-order valence-corrected chi connectivity index (χ1v) is 9.37. The van der Waals surface area contributed by atoms with Gasteiger partial charge in [0.2, 0.25) is 10.0 Å². The predicted molar refractivity (Wildman–Crippen MR) is 80.0 cm³/mol. The van der Waals surface area contributed by atoms with Gasteiger partial charge in [0.15, 0.2) is 0 Å². The van der Waals surface area contributed by atoms with Crippen LogP contribution in [0.25, 0.3) is 0 Å². The second-order valence-corrected chi connectivity index (χ2v) is 9.12. The third-order valence-electron chi connectivity index (χ3n) is 4.89. The summed E-state index contributed by atoms with van der Waals surface area (Å²) in [4.78, 5) is 12.3. The van der Waals surface area contributed by atoms with E-state index in [4.69, 9.17) is 5.11 Å². The molecule has 1 aromatic rings. The largest absolute Gasteiger partial charge is 0.481 e. The molecule has 0 aromatic carbocycles. The second kappa shape index (κ2) is 4.79. The smallest absolute Gasteiger partial charge is 0.307 e. The van der Waals surface area contributed by atoms with E-state index < -0.39 is 16.0 Å². The Kier molecular flexibility index (Phi) is 3.42. The number of carbonyl (C=O) groups is 1. The van der Waals surface area contributed by atoms with Crippen molar-refractivity contribution in [3.05, 3.63) is 15.8 Å². The highest BCUT2D eigenvalue weighted by Crippen LogP contribution is 2.59. The summed E-state index contributed by atoms with van der Waals surface area (Å²) in [6.07, 6.45) is 2.02. The Balaban J connectivity index is 1.77. The predicted octanol–water partition coefficient (Wildman–Crippen LogP) is 2.24. The minimum absolute atomic E-state index is 0.142. The highest BCUT2D eigenvalue weighted by atomic mass is 32.2. The van der Waals surface area contributed by atoms with E-state index in [2.05, 4.69) is 0 Å². The Bertz CT molecular complexity index is 664. The van der Waals surface area contributed by atoms with Gasteiger partial charge in [-0.1, -0.05) is 0 Å². The third-order valence-corrected chi connectivity index (χ3v) is 8.24. The molecular weight excluding hydrogens is 310 g/mol. The maximum atomic E-state index is 12.8. The molecule has 7 heteroatoms. The van der Waals surface area contributed by atoms with Crippen molar-refractivity contribution in [3.8, 4) is 0 Å². The summed E-state index contributed by atoms with van der Waals surface area (Å²) >= 11 is 1.45. The fourth-order valence-electron chi connectivity index (χ4n) is 3.50. The number of carboxylic acid groups (broad SMARTS) is 1. The molecule has 1 unspecified atom stereocenters. The minimum atomic E-state index is -3.44. The van der Waals surface area contributed by atoms with E-state index in [1.807, 2.05) is 19.2 Å². The van der Waals surface area contributed by atoms with Crippen molar-refractivity contribution < 1.29 is 18.3 Å². The first-order valence-electron chi connectivity index (χ1n) is 7.05. The fourth-order valence-corrected chi connectivity index (χ4v) is 6.52. The summed E-state index contributed by atoms with van der Waals surface area (Å²) < 4.78 is 27.0. The molecule has 1 saturated heterocycles. The number of rotatable bonds is 3. The molecule has 5 nitrogen and oxygen atoms in total. The van der Waals surface area contributed by atoms with Crippen LogP contribution < -0.4 is 0 Å². The number of sulfonamides is 1. The SMILES string of the molecule is Cc1csc(C)c1S(=O)(=O)N1CCC2(CC1)CC2C(=O)O. The van der Waals surface area contributed by atoms with Gasteiger partial charge >= 0.3 is 5.97 Å². The monoisotopic (exact) mass is 329 g/mol. The van der Waals surface area contributed by atoms with Gasteiger partial charge < -0.3 is 5.11 Å². The maximum Gasteiger partial charge on any atom is 0.307 e. The van der Waals surface area contributed by atoms with Crippen LogP contribution >= 0.6 is 11.3 Å². The summed E-state index contributed by atoms with van der Waals surface area (Å²) in [6, 6.07) is 0. The van der Waals surface area contributed by atoms with Gasteiger partial charge in [0.1, 0.15) is 0 Å². The van der Waals surface area contributed by atoms with E-state index in [0.29, 0.717) is 37.2 Å². The molecule has 0 radical (unpaired) electrons. The molecule has 3 rings (SSSR count). The zero-order chi connectivity index (χ0) is 15.4. The van der Waals surface area contributed by atoms with Gasteiger partial charge in [-0.15, -0.1) is 11.3 Å². The van der Waals surface area contributed by atoms with Crippen molar-refractivity contribution in [1.29, 1.82) is 0 Å². The van der Waals surface area contributed by atoms with Gasteiger partial charge in [0.05, 0.1) is 10.8 Å². The van der Waals surface area contributed by atoms with Crippen LogP contribution in [0.1, 0.15) is 29.7 Å². The minimum Gasteiger partial charge on any atom is -0.481 e. The standard InChI is InChI=1S/C14H19NO4S2/c1-9-8-20-10(2)12(9)21(18,19)15-5-3-14(4-6-15)7-11(14)13(16)17/h8,11H,3-7H2,1-2H3,(H,16,17). The summed E-state index contributed by atoms with van der Waals surface area (Å²) in [7, 11) is -3.44. The first-order chi connectivity index (χ1) is 9.78. The van der Waals surface area contributed by atoms with Gasteiger partial charge in [-0.25, -0.2) is 8.42 Å². The zero-order valence-corrected chi connectivity index (χ0v) is 13.8. The van der Waals surface area contributed by atoms with E-state index in [9.17, 15) is 13.2 Å². The van der Waals surface area contributed by atoms with E-state index in [0.717, 1.165) is 10.4 Å². The molecule has 1 atom stereocenters. The number of thiophene rings is 1. The van der Waals surface area contributed by atoms with Crippen LogP contribution in [0.15, 0.2) is 10.3 Å². The van der Waals surface area contributed by atoms with Gasteiger partial charge in [-0.05, 0) is 49.5 Å². The van der Waals surface area contributed by atoms with E-state index in [1.165, 1.54) is 15.6 Å². The van der Waals surface area contributed by atoms with Crippen molar-refractivity contribution in [3.63, 3.8) is 0 Å². The Morgan fingerprint density at radius 1 is 1.38 bits per heavy atom. The van der Waals surface area contributed by atoms with Crippen molar-refractivity contribution in [2.45, 2.75) is 38.0 Å². The quantitative estimate of drug-likeness (QED) is 0.923. The van der Waals surface area contributed by atoms with Gasteiger partial charge in [0, 0.05) is 18.0 Å². The Labute approximate surface area is 128 Å². The normalized spacial score (nSPS) is 25.1.